The van der Waals surface area contributed by atoms with Crippen LogP contribution in [0.1, 0.15) is 72.3 Å². The summed E-state index contributed by atoms with van der Waals surface area (Å²) in [5.41, 5.74) is 3.69. The molecule has 1 aromatic rings. The molecule has 2 rings (SSSR count). The first-order chi connectivity index (χ1) is 12.0. The molecule has 1 aliphatic carbocycles. The van der Waals surface area contributed by atoms with E-state index in [0.29, 0.717) is 12.1 Å². The lowest BCUT2D eigenvalue weighted by molar-refractivity contribution is -0.0887. The van der Waals surface area contributed by atoms with Gasteiger partial charge in [0.05, 0.1) is 5.71 Å². The molecule has 3 nitrogen and oxygen atoms in total. The predicted molar refractivity (Wildman–Crippen MR) is 108 cm³/mol. The van der Waals surface area contributed by atoms with Crippen LogP contribution in [0, 0.1) is 0 Å². The van der Waals surface area contributed by atoms with Crippen molar-refractivity contribution in [2.75, 3.05) is 0 Å². The van der Waals surface area contributed by atoms with E-state index in [1.54, 1.807) is 0 Å². The number of nitrogens with zero attached hydrogens (tertiary/aromatic N) is 2. The Morgan fingerprint density at radius 3 is 2.28 bits per heavy atom. The first-order valence-corrected chi connectivity index (χ1v) is 9.79. The number of oxime groups is 1. The molecule has 1 atom stereocenters. The molecule has 0 amide bonds. The Morgan fingerprint density at radius 1 is 1.04 bits per heavy atom. The van der Waals surface area contributed by atoms with E-state index in [1.165, 1.54) is 24.0 Å². The van der Waals surface area contributed by atoms with Crippen LogP contribution in [0.15, 0.2) is 41.1 Å². The third kappa shape index (κ3) is 5.71. The van der Waals surface area contributed by atoms with Gasteiger partial charge in [-0.1, -0.05) is 42.4 Å². The normalized spacial score (nSPS) is 20.0. The molecule has 1 fully saturated rings. The number of hydrogen-bond acceptors (Lipinski definition) is 3. The summed E-state index contributed by atoms with van der Waals surface area (Å²) in [6, 6.07) is 11.4. The van der Waals surface area contributed by atoms with Crippen LogP contribution >= 0.6 is 0 Å². The van der Waals surface area contributed by atoms with E-state index < -0.39 is 0 Å². The summed E-state index contributed by atoms with van der Waals surface area (Å²) in [6.45, 7) is 11.1. The van der Waals surface area contributed by atoms with Crippen molar-refractivity contribution >= 4 is 11.8 Å². The number of hydrogen-bond donors (Lipinski definition) is 0. The fraction of sp³-hybridized carbons (Fsp3) is 0.591. The molecule has 0 saturated heterocycles. The molecule has 0 N–H and O–H groups in total. The Bertz CT molecular complexity index is 567. The zero-order chi connectivity index (χ0) is 18.2. The summed E-state index contributed by atoms with van der Waals surface area (Å²) >= 11 is 0. The molecular weight excluding hydrogens is 308 g/mol. The van der Waals surface area contributed by atoms with Gasteiger partial charge in [0.25, 0.3) is 0 Å². The second-order valence-corrected chi connectivity index (χ2v) is 7.43. The first kappa shape index (κ1) is 19.7. The van der Waals surface area contributed by atoms with Crippen LogP contribution in [-0.2, 0) is 4.84 Å². The summed E-state index contributed by atoms with van der Waals surface area (Å²) in [7, 11) is 0. The zero-order valence-electron chi connectivity index (χ0n) is 16.5. The van der Waals surface area contributed by atoms with Crippen LogP contribution in [0.25, 0.3) is 6.08 Å². The van der Waals surface area contributed by atoms with E-state index in [9.17, 15) is 0 Å². The monoisotopic (exact) mass is 342 g/mol. The molecule has 0 bridgehead atoms. The van der Waals surface area contributed by atoms with Crippen LogP contribution in [0.2, 0.25) is 0 Å². The highest BCUT2D eigenvalue weighted by Crippen LogP contribution is 2.24. The maximum Gasteiger partial charge on any atom is 0.181 e. The molecule has 25 heavy (non-hydrogen) atoms. The topological polar surface area (TPSA) is 24.8 Å². The standard InChI is InChI=1S/C22H34N2O/c1-6-22(24(17(2)3)18(4)5)25-23-21-15-11-10-14-20(21)16-19-12-8-7-9-13-19/h7-9,12-13,16-18,22H,6,10-11,14-15H2,1-5H3/b20-16+,23-21+. The summed E-state index contributed by atoms with van der Waals surface area (Å²) < 4.78 is 0. The lowest BCUT2D eigenvalue weighted by Crippen LogP contribution is -2.45. The summed E-state index contributed by atoms with van der Waals surface area (Å²) in [5.74, 6) is 0. The van der Waals surface area contributed by atoms with E-state index in [0.717, 1.165) is 25.0 Å². The third-order valence-electron chi connectivity index (χ3n) is 4.78. The highest BCUT2D eigenvalue weighted by Gasteiger charge is 2.24. The fourth-order valence-corrected chi connectivity index (χ4v) is 3.65. The van der Waals surface area contributed by atoms with Crippen LogP contribution in [-0.4, -0.2) is 28.9 Å². The minimum atomic E-state index is 0.0346. The molecule has 138 valence electrons. The van der Waals surface area contributed by atoms with E-state index in [2.05, 4.69) is 81.1 Å². The van der Waals surface area contributed by atoms with Gasteiger partial charge in [0, 0.05) is 12.1 Å². The fourth-order valence-electron chi connectivity index (χ4n) is 3.65. The molecule has 1 saturated carbocycles. The largest absolute Gasteiger partial charge is 0.376 e. The van der Waals surface area contributed by atoms with Gasteiger partial charge < -0.3 is 4.84 Å². The minimum Gasteiger partial charge on any atom is -0.376 e. The van der Waals surface area contributed by atoms with Crippen LogP contribution in [0.5, 0.6) is 0 Å². The Hall–Kier alpha value is -1.61. The molecule has 1 aromatic carbocycles. The van der Waals surface area contributed by atoms with Gasteiger partial charge in [-0.3, -0.25) is 4.90 Å². The van der Waals surface area contributed by atoms with E-state index in [4.69, 9.17) is 4.84 Å². The van der Waals surface area contributed by atoms with E-state index >= 15 is 0 Å². The lowest BCUT2D eigenvalue weighted by atomic mass is 9.91. The van der Waals surface area contributed by atoms with Crippen molar-refractivity contribution in [3.8, 4) is 0 Å². The van der Waals surface area contributed by atoms with Crippen LogP contribution < -0.4 is 0 Å². The predicted octanol–water partition coefficient (Wildman–Crippen LogP) is 5.87. The van der Waals surface area contributed by atoms with Gasteiger partial charge in [-0.05, 0) is 77.0 Å². The van der Waals surface area contributed by atoms with Crippen molar-refractivity contribution in [1.29, 1.82) is 0 Å². The number of rotatable bonds is 7. The third-order valence-corrected chi connectivity index (χ3v) is 4.78. The maximum absolute atomic E-state index is 6.06. The molecular formula is C22H34N2O. The van der Waals surface area contributed by atoms with Crippen molar-refractivity contribution in [1.82, 2.24) is 4.90 Å². The Balaban J connectivity index is 2.17. The van der Waals surface area contributed by atoms with Crippen molar-refractivity contribution in [3.05, 3.63) is 41.5 Å². The molecule has 0 spiro atoms. The highest BCUT2D eigenvalue weighted by molar-refractivity contribution is 6.03. The average molecular weight is 343 g/mol. The molecule has 1 aliphatic rings. The Morgan fingerprint density at radius 2 is 1.68 bits per heavy atom. The van der Waals surface area contributed by atoms with Crippen molar-refractivity contribution in [2.45, 2.75) is 85.0 Å². The van der Waals surface area contributed by atoms with Gasteiger partial charge >= 0.3 is 0 Å². The molecule has 1 unspecified atom stereocenters. The van der Waals surface area contributed by atoms with E-state index in [-0.39, 0.29) is 6.23 Å². The maximum atomic E-state index is 6.06. The Labute approximate surface area is 153 Å². The van der Waals surface area contributed by atoms with Crippen molar-refractivity contribution in [3.63, 3.8) is 0 Å². The second-order valence-electron chi connectivity index (χ2n) is 7.43. The number of allylic oxidation sites excluding steroid dienone is 1. The molecule has 3 heteroatoms. The molecule has 0 aliphatic heterocycles. The average Bonchev–Trinajstić information content (AvgIpc) is 2.59. The quantitative estimate of drug-likeness (QED) is 0.457. The van der Waals surface area contributed by atoms with Gasteiger partial charge in [-0.25, -0.2) is 0 Å². The summed E-state index contributed by atoms with van der Waals surface area (Å²) in [4.78, 5) is 8.45. The van der Waals surface area contributed by atoms with Crippen LogP contribution in [0.3, 0.4) is 0 Å². The summed E-state index contributed by atoms with van der Waals surface area (Å²) in [5, 5.41) is 4.62. The van der Waals surface area contributed by atoms with E-state index in [1.807, 2.05) is 0 Å². The van der Waals surface area contributed by atoms with Gasteiger partial charge in [-0.15, -0.1) is 0 Å². The Kier molecular flexibility index (Phi) is 7.70. The second kappa shape index (κ2) is 9.76. The molecule has 0 heterocycles. The van der Waals surface area contributed by atoms with Crippen molar-refractivity contribution in [2.24, 2.45) is 5.16 Å². The minimum absolute atomic E-state index is 0.0346. The van der Waals surface area contributed by atoms with Gasteiger partial charge in [-0.2, -0.15) is 0 Å². The summed E-state index contributed by atoms with van der Waals surface area (Å²) in [6.07, 6.45) is 7.77. The molecule has 0 radical (unpaired) electrons. The SMILES string of the molecule is CCC(O/N=C1\CCCC\C1=C/c1ccccc1)N(C(C)C)C(C)C. The van der Waals surface area contributed by atoms with Gasteiger partial charge in [0.1, 0.15) is 0 Å². The first-order valence-electron chi connectivity index (χ1n) is 9.79. The zero-order valence-corrected chi connectivity index (χ0v) is 16.5. The van der Waals surface area contributed by atoms with Gasteiger partial charge in [0.15, 0.2) is 6.23 Å². The lowest BCUT2D eigenvalue weighted by Gasteiger charge is -2.36. The smallest absolute Gasteiger partial charge is 0.181 e. The van der Waals surface area contributed by atoms with Crippen molar-refractivity contribution < 1.29 is 4.84 Å². The van der Waals surface area contributed by atoms with Gasteiger partial charge in [0.2, 0.25) is 0 Å². The number of benzene rings is 1. The molecule has 0 aromatic heterocycles. The van der Waals surface area contributed by atoms with Crippen LogP contribution in [0.4, 0.5) is 0 Å². The highest BCUT2D eigenvalue weighted by atomic mass is 16.6.